The number of alkyl halides is 3. The number of alkyl carbamates (subject to hydrolysis) is 1. The highest BCUT2D eigenvalue weighted by Crippen LogP contribution is 2.40. The largest absolute Gasteiger partial charge is 0.457 e. The number of benzene rings is 2. The molecule has 0 saturated carbocycles. The highest BCUT2D eigenvalue weighted by atomic mass is 19.4. The van der Waals surface area contributed by atoms with E-state index < -0.39 is 29.8 Å². The Bertz CT molecular complexity index is 970. The molecule has 28 heavy (non-hydrogen) atoms. The van der Waals surface area contributed by atoms with Crippen molar-refractivity contribution >= 4 is 12.0 Å². The van der Waals surface area contributed by atoms with Gasteiger partial charge in [-0.05, 0) is 66.8 Å². The van der Waals surface area contributed by atoms with E-state index in [1.165, 1.54) is 6.07 Å². The van der Waals surface area contributed by atoms with Gasteiger partial charge in [0.1, 0.15) is 11.5 Å². The van der Waals surface area contributed by atoms with Crippen LogP contribution in [0.3, 0.4) is 0 Å². The number of halogens is 3. The molecular weight excluding hydrogens is 375 g/mol. The number of hydrogen-bond donors (Lipinski definition) is 1. The monoisotopic (exact) mass is 391 g/mol. The molecule has 0 bridgehead atoms. The maximum Gasteiger partial charge on any atom is 0.416 e. The lowest BCUT2D eigenvalue weighted by Crippen LogP contribution is -2.28. The van der Waals surface area contributed by atoms with Crippen molar-refractivity contribution in [3.05, 3.63) is 58.7 Å². The number of fused-ring (bicyclic) bond motifs is 1. The Morgan fingerprint density at radius 3 is 2.57 bits per heavy atom. The lowest BCUT2D eigenvalue weighted by atomic mass is 9.95. The van der Waals surface area contributed by atoms with Gasteiger partial charge in [0, 0.05) is 5.92 Å². The van der Waals surface area contributed by atoms with Gasteiger partial charge in [-0.25, -0.2) is 4.79 Å². The third-order valence-corrected chi connectivity index (χ3v) is 5.05. The van der Waals surface area contributed by atoms with Crippen molar-refractivity contribution in [3.63, 3.8) is 0 Å². The van der Waals surface area contributed by atoms with Crippen LogP contribution in [0, 0.1) is 6.92 Å². The minimum absolute atomic E-state index is 0.219. The third kappa shape index (κ3) is 3.30. The maximum absolute atomic E-state index is 12.8. The minimum atomic E-state index is -4.40. The molecular formula is C20H16F3NO4. The van der Waals surface area contributed by atoms with E-state index in [9.17, 15) is 22.8 Å². The second-order valence-corrected chi connectivity index (χ2v) is 6.90. The first-order chi connectivity index (χ1) is 13.2. The Kier molecular flexibility index (Phi) is 4.28. The van der Waals surface area contributed by atoms with Crippen molar-refractivity contribution in [2.45, 2.75) is 38.0 Å². The molecule has 1 aliphatic heterocycles. The lowest BCUT2D eigenvalue weighted by Gasteiger charge is -2.16. The number of carbonyl (C=O) groups excluding carboxylic acids is 2. The summed E-state index contributed by atoms with van der Waals surface area (Å²) in [4.78, 5) is 23.1. The molecule has 2 aromatic carbocycles. The Morgan fingerprint density at radius 1 is 1.14 bits per heavy atom. The fourth-order valence-electron chi connectivity index (χ4n) is 3.71. The highest BCUT2D eigenvalue weighted by molar-refractivity contribution is 6.00. The number of nitrogens with one attached hydrogen (secondary N) is 1. The zero-order chi connectivity index (χ0) is 20.1. The molecule has 0 aromatic heterocycles. The minimum Gasteiger partial charge on any atom is -0.457 e. The van der Waals surface area contributed by atoms with Gasteiger partial charge >= 0.3 is 12.3 Å². The fourth-order valence-corrected chi connectivity index (χ4v) is 3.71. The molecule has 4 rings (SSSR count). The van der Waals surface area contributed by atoms with Crippen molar-refractivity contribution in [3.8, 4) is 11.5 Å². The predicted octanol–water partition coefficient (Wildman–Crippen LogP) is 4.47. The van der Waals surface area contributed by atoms with Crippen molar-refractivity contribution in [1.82, 2.24) is 5.32 Å². The number of carbonyl (C=O) groups is 2. The summed E-state index contributed by atoms with van der Waals surface area (Å²) in [7, 11) is 0. The summed E-state index contributed by atoms with van der Waals surface area (Å²) < 4.78 is 49.2. The van der Waals surface area contributed by atoms with E-state index in [1.807, 2.05) is 0 Å². The van der Waals surface area contributed by atoms with Crippen molar-refractivity contribution < 1.29 is 32.2 Å². The summed E-state index contributed by atoms with van der Waals surface area (Å²) in [6.07, 6.45) is -4.63. The average Bonchev–Trinajstić information content (AvgIpc) is 3.17. The van der Waals surface area contributed by atoms with Gasteiger partial charge in [-0.3, -0.25) is 10.1 Å². The van der Waals surface area contributed by atoms with Crippen LogP contribution in [0.2, 0.25) is 0 Å². The molecule has 146 valence electrons. The Hall–Kier alpha value is -3.03. The second-order valence-electron chi connectivity index (χ2n) is 6.90. The van der Waals surface area contributed by atoms with Crippen LogP contribution >= 0.6 is 0 Å². The number of imide groups is 1. The molecule has 5 nitrogen and oxygen atoms in total. The summed E-state index contributed by atoms with van der Waals surface area (Å²) in [5, 5.41) is 2.14. The Labute approximate surface area is 158 Å². The van der Waals surface area contributed by atoms with Gasteiger partial charge in [0.2, 0.25) is 0 Å². The quantitative estimate of drug-likeness (QED) is 0.839. The van der Waals surface area contributed by atoms with E-state index in [-0.39, 0.29) is 5.92 Å². The number of hydrogen-bond acceptors (Lipinski definition) is 4. The van der Waals surface area contributed by atoms with Crippen LogP contribution in [-0.4, -0.2) is 18.1 Å². The molecule has 8 heteroatoms. The van der Waals surface area contributed by atoms with Gasteiger partial charge in [0.25, 0.3) is 5.91 Å². The van der Waals surface area contributed by atoms with Crippen LogP contribution in [0.25, 0.3) is 0 Å². The summed E-state index contributed by atoms with van der Waals surface area (Å²) in [6.45, 7) is 1.56. The normalized spacial score (nSPS) is 21.3. The lowest BCUT2D eigenvalue weighted by molar-refractivity contribution is -0.137. The van der Waals surface area contributed by atoms with Crippen LogP contribution in [-0.2, 0) is 22.1 Å². The Balaban J connectivity index is 1.54. The molecule has 2 atom stereocenters. The van der Waals surface area contributed by atoms with Crippen LogP contribution < -0.4 is 10.1 Å². The molecule has 2 aromatic rings. The molecule has 0 radical (unpaired) electrons. The summed E-state index contributed by atoms with van der Waals surface area (Å²) in [6, 6.07) is 8.65. The van der Waals surface area contributed by atoms with Gasteiger partial charge in [-0.15, -0.1) is 0 Å². The maximum atomic E-state index is 12.8. The van der Waals surface area contributed by atoms with Gasteiger partial charge in [0.15, 0.2) is 6.10 Å². The number of ether oxygens (including phenoxy) is 2. The zero-order valence-corrected chi connectivity index (χ0v) is 14.8. The van der Waals surface area contributed by atoms with E-state index in [0.717, 1.165) is 23.3 Å². The standard InChI is InChI=1S/C20H16F3NO4/c1-10-8-12(20(21,22)23)3-7-16(10)27-13-4-6-14-11(9-13)2-5-15(14)17-18(25)24-19(26)28-17/h3-4,6-9,15,17H,2,5H2,1H3,(H,24,25,26)/t15-,17-/m1/s1. The summed E-state index contributed by atoms with van der Waals surface area (Å²) in [5.74, 6) is 0.175. The van der Waals surface area contributed by atoms with Crippen molar-refractivity contribution in [2.75, 3.05) is 0 Å². The van der Waals surface area contributed by atoms with Crippen LogP contribution in [0.1, 0.15) is 34.6 Å². The van der Waals surface area contributed by atoms with Gasteiger partial charge in [-0.1, -0.05) is 6.07 Å². The molecule has 2 amide bonds. The van der Waals surface area contributed by atoms with Crippen molar-refractivity contribution in [2.24, 2.45) is 0 Å². The molecule has 2 aliphatic rings. The number of rotatable bonds is 3. The summed E-state index contributed by atoms with van der Waals surface area (Å²) >= 11 is 0. The van der Waals surface area contributed by atoms with E-state index in [0.29, 0.717) is 29.9 Å². The smallest absolute Gasteiger partial charge is 0.416 e. The summed E-state index contributed by atoms with van der Waals surface area (Å²) in [5.41, 5.74) is 1.52. The molecule has 1 saturated heterocycles. The van der Waals surface area contributed by atoms with E-state index in [2.05, 4.69) is 5.32 Å². The van der Waals surface area contributed by atoms with E-state index in [4.69, 9.17) is 9.47 Å². The SMILES string of the molecule is Cc1cc(C(F)(F)F)ccc1Oc1ccc2c(c1)CC[C@H]2[C@H]1OC(=O)NC1=O. The third-order valence-electron chi connectivity index (χ3n) is 5.05. The second kappa shape index (κ2) is 6.54. The first-order valence-corrected chi connectivity index (χ1v) is 8.72. The first kappa shape index (κ1) is 18.3. The van der Waals surface area contributed by atoms with E-state index >= 15 is 0 Å². The van der Waals surface area contributed by atoms with Gasteiger partial charge < -0.3 is 9.47 Å². The average molecular weight is 391 g/mol. The molecule has 0 unspecified atom stereocenters. The fraction of sp³-hybridized carbons (Fsp3) is 0.300. The zero-order valence-electron chi connectivity index (χ0n) is 14.8. The molecule has 1 fully saturated rings. The molecule has 1 N–H and O–H groups in total. The predicted molar refractivity (Wildman–Crippen MR) is 92.2 cm³/mol. The van der Waals surface area contributed by atoms with Crippen molar-refractivity contribution in [1.29, 1.82) is 0 Å². The van der Waals surface area contributed by atoms with Crippen LogP contribution in [0.15, 0.2) is 36.4 Å². The number of aryl methyl sites for hydroxylation is 2. The van der Waals surface area contributed by atoms with E-state index in [1.54, 1.807) is 25.1 Å². The Morgan fingerprint density at radius 2 is 1.93 bits per heavy atom. The number of cyclic esters (lactones) is 1. The molecule has 1 aliphatic carbocycles. The number of amides is 2. The molecule has 1 heterocycles. The van der Waals surface area contributed by atoms with Gasteiger partial charge in [0.05, 0.1) is 5.56 Å². The molecule has 0 spiro atoms. The van der Waals surface area contributed by atoms with Gasteiger partial charge in [-0.2, -0.15) is 13.2 Å². The van der Waals surface area contributed by atoms with Crippen LogP contribution in [0.4, 0.5) is 18.0 Å². The topological polar surface area (TPSA) is 64.6 Å². The van der Waals surface area contributed by atoms with Crippen LogP contribution in [0.5, 0.6) is 11.5 Å². The highest BCUT2D eigenvalue weighted by Gasteiger charge is 2.42. The first-order valence-electron chi connectivity index (χ1n) is 8.72.